The van der Waals surface area contributed by atoms with Crippen molar-refractivity contribution >= 4 is 23.3 Å². The Kier molecular flexibility index (Phi) is 4.99. The lowest BCUT2D eigenvalue weighted by Gasteiger charge is -2.18. The Morgan fingerprint density at radius 2 is 2.22 bits per heavy atom. The van der Waals surface area contributed by atoms with Crippen LogP contribution >= 0.6 is 11.6 Å². The van der Waals surface area contributed by atoms with Crippen molar-refractivity contribution in [3.05, 3.63) is 28.8 Å². The average molecular weight is 267 g/mol. The van der Waals surface area contributed by atoms with Gasteiger partial charge in [0.05, 0.1) is 11.3 Å². The molecule has 0 saturated carbocycles. The minimum Gasteiger partial charge on any atom is -0.480 e. The number of nitriles is 1. The third-order valence-electron chi connectivity index (χ3n) is 2.44. The van der Waals surface area contributed by atoms with E-state index in [4.69, 9.17) is 22.0 Å². The number of aliphatic carboxylic acids is 1. The van der Waals surface area contributed by atoms with Gasteiger partial charge in [-0.3, -0.25) is 0 Å². The van der Waals surface area contributed by atoms with Gasteiger partial charge in [0.1, 0.15) is 12.1 Å². The number of anilines is 1. The van der Waals surface area contributed by atoms with Crippen molar-refractivity contribution in [1.82, 2.24) is 0 Å². The van der Waals surface area contributed by atoms with Crippen LogP contribution < -0.4 is 5.32 Å². The lowest BCUT2D eigenvalue weighted by atomic mass is 10.0. The number of carbonyl (C=O) groups is 1. The first-order valence-corrected chi connectivity index (χ1v) is 6.00. The minimum absolute atomic E-state index is 0.247. The molecule has 0 bridgehead atoms. The quantitative estimate of drug-likeness (QED) is 0.859. The van der Waals surface area contributed by atoms with Gasteiger partial charge >= 0.3 is 5.97 Å². The molecule has 18 heavy (non-hydrogen) atoms. The lowest BCUT2D eigenvalue weighted by Crippen LogP contribution is -2.31. The summed E-state index contributed by atoms with van der Waals surface area (Å²) in [7, 11) is 0. The Morgan fingerprint density at radius 3 is 2.72 bits per heavy atom. The van der Waals surface area contributed by atoms with Gasteiger partial charge in [-0.2, -0.15) is 5.26 Å². The van der Waals surface area contributed by atoms with E-state index in [0.717, 1.165) is 0 Å². The molecule has 0 aliphatic rings. The van der Waals surface area contributed by atoms with E-state index in [1.165, 1.54) is 6.07 Å². The van der Waals surface area contributed by atoms with Crippen molar-refractivity contribution in [3.8, 4) is 6.07 Å². The molecular weight excluding hydrogens is 252 g/mol. The van der Waals surface area contributed by atoms with Crippen LogP contribution in [0, 0.1) is 17.2 Å². The van der Waals surface area contributed by atoms with E-state index in [9.17, 15) is 4.79 Å². The van der Waals surface area contributed by atoms with Crippen LogP contribution in [0.4, 0.5) is 5.69 Å². The van der Waals surface area contributed by atoms with Crippen molar-refractivity contribution in [2.24, 2.45) is 5.92 Å². The molecule has 1 rings (SSSR count). The molecule has 0 heterocycles. The highest BCUT2D eigenvalue weighted by Gasteiger charge is 2.19. The molecule has 1 aromatic carbocycles. The maximum atomic E-state index is 11.1. The van der Waals surface area contributed by atoms with Crippen LogP contribution in [0.5, 0.6) is 0 Å². The highest BCUT2D eigenvalue weighted by molar-refractivity contribution is 6.30. The van der Waals surface area contributed by atoms with E-state index in [0.29, 0.717) is 22.7 Å². The summed E-state index contributed by atoms with van der Waals surface area (Å²) in [5, 5.41) is 21.4. The molecular formula is C13H15ClN2O2. The SMILES string of the molecule is CC(C)CC(Nc1ccc(Cl)cc1C#N)C(=O)O. The summed E-state index contributed by atoms with van der Waals surface area (Å²) in [6.45, 7) is 3.90. The summed E-state index contributed by atoms with van der Waals surface area (Å²) in [6.07, 6.45) is 0.489. The van der Waals surface area contributed by atoms with Crippen LogP contribution in [-0.2, 0) is 4.79 Å². The second-order valence-electron chi connectivity index (χ2n) is 4.47. The second kappa shape index (κ2) is 6.27. The molecule has 0 radical (unpaired) electrons. The molecule has 4 nitrogen and oxygen atoms in total. The standard InChI is InChI=1S/C13H15ClN2O2/c1-8(2)5-12(13(17)18)16-11-4-3-10(14)6-9(11)7-15/h3-4,6,8,12,16H,5H2,1-2H3,(H,17,18). The van der Waals surface area contributed by atoms with Crippen molar-refractivity contribution in [3.63, 3.8) is 0 Å². The van der Waals surface area contributed by atoms with Crippen molar-refractivity contribution in [2.75, 3.05) is 5.32 Å². The van der Waals surface area contributed by atoms with E-state index >= 15 is 0 Å². The van der Waals surface area contributed by atoms with Crippen molar-refractivity contribution in [1.29, 1.82) is 5.26 Å². The number of rotatable bonds is 5. The zero-order valence-electron chi connectivity index (χ0n) is 10.3. The van der Waals surface area contributed by atoms with Gasteiger partial charge < -0.3 is 10.4 Å². The minimum atomic E-state index is -0.928. The first kappa shape index (κ1) is 14.3. The highest BCUT2D eigenvalue weighted by Crippen LogP contribution is 2.22. The van der Waals surface area contributed by atoms with Crippen LogP contribution in [-0.4, -0.2) is 17.1 Å². The molecule has 96 valence electrons. The number of nitrogens with zero attached hydrogens (tertiary/aromatic N) is 1. The van der Waals surface area contributed by atoms with Gasteiger partial charge in [0, 0.05) is 5.02 Å². The Hall–Kier alpha value is -1.73. The predicted octanol–water partition coefficient (Wildman–Crippen LogP) is 3.12. The van der Waals surface area contributed by atoms with Gasteiger partial charge in [-0.05, 0) is 30.5 Å². The number of halogens is 1. The summed E-state index contributed by atoms with van der Waals surface area (Å²) in [5.74, 6) is -0.682. The smallest absolute Gasteiger partial charge is 0.326 e. The summed E-state index contributed by atoms with van der Waals surface area (Å²) in [4.78, 5) is 11.1. The third-order valence-corrected chi connectivity index (χ3v) is 2.67. The fourth-order valence-electron chi connectivity index (χ4n) is 1.62. The van der Waals surface area contributed by atoms with Gasteiger partial charge in [0.2, 0.25) is 0 Å². The monoisotopic (exact) mass is 266 g/mol. The molecule has 5 heteroatoms. The van der Waals surface area contributed by atoms with Gasteiger partial charge in [-0.15, -0.1) is 0 Å². The number of carboxylic acids is 1. The van der Waals surface area contributed by atoms with E-state index in [2.05, 4.69) is 5.32 Å². The second-order valence-corrected chi connectivity index (χ2v) is 4.90. The van der Waals surface area contributed by atoms with Gasteiger partial charge in [0.15, 0.2) is 0 Å². The Morgan fingerprint density at radius 1 is 1.56 bits per heavy atom. The number of hydrogen-bond donors (Lipinski definition) is 2. The molecule has 0 spiro atoms. The molecule has 1 atom stereocenters. The average Bonchev–Trinajstić information content (AvgIpc) is 2.29. The molecule has 0 aliphatic carbocycles. The van der Waals surface area contributed by atoms with Crippen LogP contribution in [0.15, 0.2) is 18.2 Å². The topological polar surface area (TPSA) is 73.1 Å². The summed E-state index contributed by atoms with van der Waals surface area (Å²) in [5.41, 5.74) is 0.840. The molecule has 0 saturated heterocycles. The van der Waals surface area contributed by atoms with Crippen LogP contribution in [0.1, 0.15) is 25.8 Å². The molecule has 0 aromatic heterocycles. The molecule has 2 N–H and O–H groups in total. The Balaban J connectivity index is 2.94. The number of hydrogen-bond acceptors (Lipinski definition) is 3. The molecule has 0 aliphatic heterocycles. The Labute approximate surface area is 111 Å². The molecule has 1 aromatic rings. The lowest BCUT2D eigenvalue weighted by molar-refractivity contribution is -0.138. The maximum absolute atomic E-state index is 11.1. The zero-order valence-corrected chi connectivity index (χ0v) is 11.0. The molecule has 1 unspecified atom stereocenters. The fourth-order valence-corrected chi connectivity index (χ4v) is 1.79. The summed E-state index contributed by atoms with van der Waals surface area (Å²) < 4.78 is 0. The van der Waals surface area contributed by atoms with E-state index < -0.39 is 12.0 Å². The van der Waals surface area contributed by atoms with Crippen LogP contribution in [0.25, 0.3) is 0 Å². The van der Waals surface area contributed by atoms with Crippen LogP contribution in [0.2, 0.25) is 5.02 Å². The normalized spacial score (nSPS) is 11.9. The van der Waals surface area contributed by atoms with E-state index in [1.807, 2.05) is 19.9 Å². The first-order chi connectivity index (χ1) is 8.43. The van der Waals surface area contributed by atoms with Gasteiger partial charge in [-0.25, -0.2) is 4.79 Å². The number of carboxylic acid groups (broad SMARTS) is 1. The van der Waals surface area contributed by atoms with Crippen molar-refractivity contribution in [2.45, 2.75) is 26.3 Å². The van der Waals surface area contributed by atoms with E-state index in [-0.39, 0.29) is 5.92 Å². The summed E-state index contributed by atoms with van der Waals surface area (Å²) >= 11 is 5.78. The number of nitrogens with one attached hydrogen (secondary N) is 1. The largest absolute Gasteiger partial charge is 0.480 e. The Bertz CT molecular complexity index is 480. The zero-order chi connectivity index (χ0) is 13.7. The molecule has 0 fully saturated rings. The third kappa shape index (κ3) is 3.94. The number of benzene rings is 1. The first-order valence-electron chi connectivity index (χ1n) is 5.63. The van der Waals surface area contributed by atoms with Gasteiger partial charge in [0.25, 0.3) is 0 Å². The van der Waals surface area contributed by atoms with Crippen LogP contribution in [0.3, 0.4) is 0 Å². The molecule has 0 amide bonds. The predicted molar refractivity (Wildman–Crippen MR) is 70.7 cm³/mol. The van der Waals surface area contributed by atoms with E-state index in [1.54, 1.807) is 12.1 Å². The summed E-state index contributed by atoms with van der Waals surface area (Å²) in [6, 6.07) is 6.04. The van der Waals surface area contributed by atoms with Crippen molar-refractivity contribution < 1.29 is 9.90 Å². The maximum Gasteiger partial charge on any atom is 0.326 e. The van der Waals surface area contributed by atoms with Gasteiger partial charge in [-0.1, -0.05) is 25.4 Å². The highest BCUT2D eigenvalue weighted by atomic mass is 35.5. The fraction of sp³-hybridized carbons (Fsp3) is 0.385.